The van der Waals surface area contributed by atoms with Crippen LogP contribution in [0.2, 0.25) is 0 Å². The molecule has 5 nitrogen and oxygen atoms in total. The third-order valence-electron chi connectivity index (χ3n) is 2.67. The van der Waals surface area contributed by atoms with Crippen LogP contribution in [0, 0.1) is 0 Å². The third-order valence-corrected chi connectivity index (χ3v) is 2.67. The van der Waals surface area contributed by atoms with E-state index < -0.39 is 12.1 Å². The van der Waals surface area contributed by atoms with Crippen molar-refractivity contribution in [1.82, 2.24) is 10.6 Å². The quantitative estimate of drug-likeness (QED) is 0.694. The van der Waals surface area contributed by atoms with Gasteiger partial charge in [-0.25, -0.2) is 9.59 Å². The van der Waals surface area contributed by atoms with Crippen molar-refractivity contribution in [2.24, 2.45) is 5.73 Å². The number of primary amides is 1. The highest BCUT2D eigenvalue weighted by molar-refractivity contribution is 5.93. The van der Waals surface area contributed by atoms with Gasteiger partial charge >= 0.3 is 12.1 Å². The average molecular weight is 219 g/mol. The van der Waals surface area contributed by atoms with E-state index in [0.717, 1.165) is 18.4 Å². The molecule has 0 radical (unpaired) electrons. The van der Waals surface area contributed by atoms with Gasteiger partial charge in [-0.05, 0) is 18.4 Å². The van der Waals surface area contributed by atoms with Gasteiger partial charge in [0.05, 0.1) is 5.54 Å². The van der Waals surface area contributed by atoms with E-state index >= 15 is 0 Å². The molecule has 0 atom stereocenters. The van der Waals surface area contributed by atoms with E-state index in [1.54, 1.807) is 0 Å². The minimum atomic E-state index is -0.846. The maximum atomic E-state index is 11.4. The van der Waals surface area contributed by atoms with Crippen LogP contribution in [-0.2, 0) is 5.54 Å². The zero-order valence-electron chi connectivity index (χ0n) is 8.69. The van der Waals surface area contributed by atoms with E-state index in [4.69, 9.17) is 5.73 Å². The SMILES string of the molecule is NC(=O)NC(=O)NC1(c2ccccc2)CC1. The topological polar surface area (TPSA) is 84.2 Å². The fourth-order valence-corrected chi connectivity index (χ4v) is 1.73. The molecule has 0 bridgehead atoms. The van der Waals surface area contributed by atoms with Gasteiger partial charge in [-0.2, -0.15) is 0 Å². The highest BCUT2D eigenvalue weighted by Crippen LogP contribution is 2.45. The number of nitrogens with two attached hydrogens (primary N) is 1. The van der Waals surface area contributed by atoms with Crippen LogP contribution < -0.4 is 16.4 Å². The van der Waals surface area contributed by atoms with Crippen LogP contribution in [-0.4, -0.2) is 12.1 Å². The summed E-state index contributed by atoms with van der Waals surface area (Å²) in [6, 6.07) is 8.28. The molecule has 1 aliphatic carbocycles. The van der Waals surface area contributed by atoms with Gasteiger partial charge in [0.2, 0.25) is 0 Å². The van der Waals surface area contributed by atoms with Gasteiger partial charge < -0.3 is 11.1 Å². The Morgan fingerprint density at radius 2 is 1.81 bits per heavy atom. The fourth-order valence-electron chi connectivity index (χ4n) is 1.73. The Hall–Kier alpha value is -2.04. The number of benzene rings is 1. The van der Waals surface area contributed by atoms with Crippen molar-refractivity contribution in [3.63, 3.8) is 0 Å². The van der Waals surface area contributed by atoms with Crippen molar-refractivity contribution in [2.75, 3.05) is 0 Å². The molecule has 1 saturated carbocycles. The lowest BCUT2D eigenvalue weighted by atomic mass is 10.1. The summed E-state index contributed by atoms with van der Waals surface area (Å²) in [5.41, 5.74) is 5.59. The second-order valence-electron chi connectivity index (χ2n) is 3.89. The molecule has 0 aromatic heterocycles. The molecule has 1 aromatic carbocycles. The number of rotatable bonds is 2. The number of urea groups is 2. The van der Waals surface area contributed by atoms with Crippen molar-refractivity contribution in [2.45, 2.75) is 18.4 Å². The van der Waals surface area contributed by atoms with E-state index in [2.05, 4.69) is 5.32 Å². The van der Waals surface area contributed by atoms with Gasteiger partial charge in [-0.15, -0.1) is 0 Å². The number of nitrogens with one attached hydrogen (secondary N) is 2. The average Bonchev–Trinajstić information content (AvgIpc) is 2.99. The van der Waals surface area contributed by atoms with Gasteiger partial charge in [0, 0.05) is 0 Å². The van der Waals surface area contributed by atoms with E-state index in [0.29, 0.717) is 0 Å². The van der Waals surface area contributed by atoms with Crippen LogP contribution in [0.4, 0.5) is 9.59 Å². The standard InChI is InChI=1S/C11H13N3O2/c12-9(15)13-10(16)14-11(6-7-11)8-4-2-1-3-5-8/h1-5H,6-7H2,(H4,12,13,14,15,16). The summed E-state index contributed by atoms with van der Waals surface area (Å²) in [5, 5.41) is 4.76. The molecule has 84 valence electrons. The first kappa shape index (κ1) is 10.5. The molecule has 0 unspecified atom stereocenters. The van der Waals surface area contributed by atoms with Crippen LogP contribution in [0.5, 0.6) is 0 Å². The number of hydrogen-bond acceptors (Lipinski definition) is 2. The predicted octanol–water partition coefficient (Wildman–Crippen LogP) is 1.05. The van der Waals surface area contributed by atoms with E-state index in [9.17, 15) is 9.59 Å². The van der Waals surface area contributed by atoms with Crippen LogP contribution in [0.25, 0.3) is 0 Å². The number of hydrogen-bond donors (Lipinski definition) is 3. The van der Waals surface area contributed by atoms with Gasteiger partial charge in [-0.1, -0.05) is 30.3 Å². The van der Waals surface area contributed by atoms with Crippen molar-refractivity contribution in [3.8, 4) is 0 Å². The molecule has 1 aliphatic rings. The predicted molar refractivity (Wildman–Crippen MR) is 58.6 cm³/mol. The summed E-state index contributed by atoms with van der Waals surface area (Å²) in [7, 11) is 0. The van der Waals surface area contributed by atoms with E-state index in [1.807, 2.05) is 35.6 Å². The van der Waals surface area contributed by atoms with Crippen LogP contribution in [0.15, 0.2) is 30.3 Å². The monoisotopic (exact) mass is 219 g/mol. The first-order valence-corrected chi connectivity index (χ1v) is 5.06. The van der Waals surface area contributed by atoms with Crippen molar-refractivity contribution >= 4 is 12.1 Å². The largest absolute Gasteiger partial charge is 0.351 e. The number of amides is 4. The van der Waals surface area contributed by atoms with E-state index in [-0.39, 0.29) is 5.54 Å². The molecule has 1 aromatic rings. The smallest absolute Gasteiger partial charge is 0.323 e. The summed E-state index contributed by atoms with van der Waals surface area (Å²) < 4.78 is 0. The maximum Gasteiger partial charge on any atom is 0.323 e. The second kappa shape index (κ2) is 3.84. The molecule has 4 N–H and O–H groups in total. The van der Waals surface area contributed by atoms with Crippen LogP contribution >= 0.6 is 0 Å². The second-order valence-corrected chi connectivity index (χ2v) is 3.89. The molecular weight excluding hydrogens is 206 g/mol. The highest BCUT2D eigenvalue weighted by Gasteiger charge is 2.45. The molecule has 0 aliphatic heterocycles. The first-order valence-electron chi connectivity index (χ1n) is 5.06. The Morgan fingerprint density at radius 3 is 2.31 bits per heavy atom. The number of carbonyl (C=O) groups is 2. The van der Waals surface area contributed by atoms with Crippen molar-refractivity contribution in [3.05, 3.63) is 35.9 Å². The molecular formula is C11H13N3O2. The lowest BCUT2D eigenvalue weighted by Crippen LogP contribution is -2.46. The lowest BCUT2D eigenvalue weighted by molar-refractivity contribution is 0.228. The minimum absolute atomic E-state index is 0.319. The lowest BCUT2D eigenvalue weighted by Gasteiger charge is -2.17. The van der Waals surface area contributed by atoms with Gasteiger partial charge in [-0.3, -0.25) is 5.32 Å². The Labute approximate surface area is 93.0 Å². The Bertz CT molecular complexity index is 412. The molecule has 0 spiro atoms. The molecule has 2 rings (SSSR count). The summed E-state index contributed by atoms with van der Waals surface area (Å²) in [5.74, 6) is 0. The Balaban J connectivity index is 2.05. The minimum Gasteiger partial charge on any atom is -0.351 e. The summed E-state index contributed by atoms with van der Waals surface area (Å²) in [4.78, 5) is 21.9. The first-order chi connectivity index (χ1) is 7.62. The zero-order valence-corrected chi connectivity index (χ0v) is 8.69. The van der Waals surface area contributed by atoms with Crippen molar-refractivity contribution in [1.29, 1.82) is 0 Å². The van der Waals surface area contributed by atoms with Crippen LogP contribution in [0.1, 0.15) is 18.4 Å². The maximum absolute atomic E-state index is 11.4. The Morgan fingerprint density at radius 1 is 1.19 bits per heavy atom. The number of imide groups is 1. The summed E-state index contributed by atoms with van der Waals surface area (Å²) in [6.07, 6.45) is 1.76. The summed E-state index contributed by atoms with van der Waals surface area (Å²) >= 11 is 0. The molecule has 1 fully saturated rings. The molecule has 4 amide bonds. The third kappa shape index (κ3) is 2.13. The highest BCUT2D eigenvalue weighted by atomic mass is 16.2. The van der Waals surface area contributed by atoms with Gasteiger partial charge in [0.15, 0.2) is 0 Å². The fraction of sp³-hybridized carbons (Fsp3) is 0.273. The summed E-state index contributed by atoms with van der Waals surface area (Å²) in [6.45, 7) is 0. The zero-order chi connectivity index (χ0) is 11.6. The molecule has 0 saturated heterocycles. The van der Waals surface area contributed by atoms with Crippen molar-refractivity contribution < 1.29 is 9.59 Å². The normalized spacial score (nSPS) is 16.2. The van der Waals surface area contributed by atoms with E-state index in [1.165, 1.54) is 0 Å². The van der Waals surface area contributed by atoms with Gasteiger partial charge in [0.1, 0.15) is 0 Å². The molecule has 5 heteroatoms. The Kier molecular flexibility index (Phi) is 2.52. The van der Waals surface area contributed by atoms with Crippen LogP contribution in [0.3, 0.4) is 0 Å². The molecule has 16 heavy (non-hydrogen) atoms. The molecule has 0 heterocycles. The number of carbonyl (C=O) groups excluding carboxylic acids is 2. The van der Waals surface area contributed by atoms with Gasteiger partial charge in [0.25, 0.3) is 0 Å².